The Hall–Kier alpha value is -4.17. The van der Waals surface area contributed by atoms with Crippen LogP contribution in [0.5, 0.6) is 0 Å². The quantitative estimate of drug-likeness (QED) is 0.243. The van der Waals surface area contributed by atoms with Crippen LogP contribution in [-0.4, -0.2) is 82.0 Å². The molecule has 3 aromatic carbocycles. The number of H-pyrrole nitrogens is 1. The Bertz CT molecular complexity index is 1700. The first-order valence-electron chi connectivity index (χ1n) is 13.1. The number of benzene rings is 3. The Balaban J connectivity index is 1.46. The molecule has 1 aromatic heterocycles. The molecule has 0 spiro atoms. The van der Waals surface area contributed by atoms with E-state index in [0.717, 1.165) is 31.9 Å². The molecule has 4 aromatic rings. The number of nitrogens with one attached hydrogen (secondary N) is 3. The molecule has 1 saturated heterocycles. The molecular weight excluding hydrogens is 576 g/mol. The van der Waals surface area contributed by atoms with Crippen molar-refractivity contribution in [2.24, 2.45) is 0 Å². The van der Waals surface area contributed by atoms with Gasteiger partial charge in [-0.25, -0.2) is 26.0 Å². The van der Waals surface area contributed by atoms with E-state index in [4.69, 9.17) is 0 Å². The second-order valence-electron chi connectivity index (χ2n) is 10.0. The zero-order valence-corrected chi connectivity index (χ0v) is 23.3. The highest BCUT2D eigenvalue weighted by molar-refractivity contribution is 7.91. The van der Waals surface area contributed by atoms with Gasteiger partial charge in [-0.05, 0) is 55.6 Å². The molecular formula is C28H28F4N6O3S. The molecule has 5 rings (SSSR count). The number of likely N-dealkylation sites (N-methyl/N-ethyl adjacent to an activating group) is 1. The Morgan fingerprint density at radius 3 is 2.31 bits per heavy atom. The average molecular weight is 605 g/mol. The lowest BCUT2D eigenvalue weighted by Crippen LogP contribution is -2.44. The molecule has 1 fully saturated rings. The molecule has 222 valence electrons. The summed E-state index contributed by atoms with van der Waals surface area (Å²) in [4.78, 5) is 16.9. The summed E-state index contributed by atoms with van der Waals surface area (Å²) in [6.45, 7) is 1.16. The van der Waals surface area contributed by atoms with Crippen LogP contribution in [0.1, 0.15) is 10.4 Å². The summed E-state index contributed by atoms with van der Waals surface area (Å²) in [5, 5.41) is 12.4. The van der Waals surface area contributed by atoms with Gasteiger partial charge in [0, 0.05) is 49.0 Å². The van der Waals surface area contributed by atoms with Gasteiger partial charge in [0.15, 0.2) is 5.82 Å². The maximum atomic E-state index is 13.7. The van der Waals surface area contributed by atoms with Gasteiger partial charge in [-0.15, -0.1) is 0 Å². The standard InChI is InChI=1S/C28H28F4N6O3S/c1-37-6-8-38(9-7-37)20-2-4-23(26(13-20)33-19(15-29)16-30)28(39)34-27-24-14-21(3-5-25(24)35-36-27)42(40,41)22-11-17(31)10-18(32)12-22/h2-5,10-14,19,33H,6-9,15-16H2,1H3,(H2,34,35,36,39). The number of aromatic nitrogens is 2. The highest BCUT2D eigenvalue weighted by atomic mass is 32.2. The topological polar surface area (TPSA) is 110 Å². The fraction of sp³-hybridized carbons (Fsp3) is 0.286. The van der Waals surface area contributed by atoms with E-state index < -0.39 is 51.7 Å². The molecule has 1 amide bonds. The number of nitrogens with zero attached hydrogens (tertiary/aromatic N) is 3. The number of carbonyl (C=O) groups is 1. The van der Waals surface area contributed by atoms with E-state index in [1.807, 2.05) is 7.05 Å². The van der Waals surface area contributed by atoms with E-state index >= 15 is 0 Å². The van der Waals surface area contributed by atoms with Crippen molar-refractivity contribution >= 4 is 43.8 Å². The number of sulfone groups is 1. The molecule has 42 heavy (non-hydrogen) atoms. The summed E-state index contributed by atoms with van der Waals surface area (Å²) in [6, 6.07) is 9.67. The molecule has 0 atom stereocenters. The smallest absolute Gasteiger partial charge is 0.258 e. The minimum Gasteiger partial charge on any atom is -0.376 e. The fourth-order valence-electron chi connectivity index (χ4n) is 4.70. The minimum absolute atomic E-state index is 0.0147. The van der Waals surface area contributed by atoms with Crippen molar-refractivity contribution in [2.75, 3.05) is 62.1 Å². The second-order valence-corrected chi connectivity index (χ2v) is 12.0. The number of hydrogen-bond donors (Lipinski definition) is 3. The Labute approximate surface area is 239 Å². The van der Waals surface area contributed by atoms with Crippen LogP contribution in [0.4, 0.5) is 34.8 Å². The van der Waals surface area contributed by atoms with Crippen LogP contribution in [0.2, 0.25) is 0 Å². The van der Waals surface area contributed by atoms with Crippen molar-refractivity contribution in [3.05, 3.63) is 71.8 Å². The molecule has 2 heterocycles. The number of piperazine rings is 1. The highest BCUT2D eigenvalue weighted by Gasteiger charge is 2.23. The highest BCUT2D eigenvalue weighted by Crippen LogP contribution is 2.30. The minimum atomic E-state index is -4.32. The number of hydrogen-bond acceptors (Lipinski definition) is 7. The van der Waals surface area contributed by atoms with Gasteiger partial charge in [-0.3, -0.25) is 9.89 Å². The molecule has 9 nitrogen and oxygen atoms in total. The maximum absolute atomic E-state index is 13.7. The van der Waals surface area contributed by atoms with E-state index in [-0.39, 0.29) is 27.4 Å². The number of amides is 1. The summed E-state index contributed by atoms with van der Waals surface area (Å²) in [6.07, 6.45) is 0. The number of aromatic amines is 1. The summed E-state index contributed by atoms with van der Waals surface area (Å²) >= 11 is 0. The predicted molar refractivity (Wildman–Crippen MR) is 151 cm³/mol. The lowest BCUT2D eigenvalue weighted by Gasteiger charge is -2.34. The molecule has 0 saturated carbocycles. The lowest BCUT2D eigenvalue weighted by atomic mass is 10.1. The second kappa shape index (κ2) is 12.0. The van der Waals surface area contributed by atoms with E-state index in [2.05, 4.69) is 30.6 Å². The third-order valence-corrected chi connectivity index (χ3v) is 8.80. The molecule has 0 bridgehead atoms. The number of anilines is 3. The number of carbonyl (C=O) groups excluding carboxylic acids is 1. The Morgan fingerprint density at radius 2 is 1.64 bits per heavy atom. The number of alkyl halides is 2. The van der Waals surface area contributed by atoms with Crippen molar-refractivity contribution in [3.63, 3.8) is 0 Å². The molecule has 14 heteroatoms. The number of fused-ring (bicyclic) bond motifs is 1. The van der Waals surface area contributed by atoms with Gasteiger partial charge in [-0.1, -0.05) is 0 Å². The first-order chi connectivity index (χ1) is 20.1. The van der Waals surface area contributed by atoms with Gasteiger partial charge in [0.2, 0.25) is 9.84 Å². The average Bonchev–Trinajstić information content (AvgIpc) is 3.37. The maximum Gasteiger partial charge on any atom is 0.258 e. The third-order valence-electron chi connectivity index (χ3n) is 7.07. The van der Waals surface area contributed by atoms with Crippen molar-refractivity contribution in [3.8, 4) is 0 Å². The van der Waals surface area contributed by atoms with Gasteiger partial charge >= 0.3 is 0 Å². The Morgan fingerprint density at radius 1 is 0.952 bits per heavy atom. The molecule has 0 radical (unpaired) electrons. The number of rotatable bonds is 9. The van der Waals surface area contributed by atoms with Gasteiger partial charge in [0.05, 0.1) is 26.9 Å². The van der Waals surface area contributed by atoms with Crippen molar-refractivity contribution in [1.82, 2.24) is 15.1 Å². The molecule has 0 unspecified atom stereocenters. The Kier molecular flexibility index (Phi) is 8.36. The summed E-state index contributed by atoms with van der Waals surface area (Å²) in [5.41, 5.74) is 1.48. The summed E-state index contributed by atoms with van der Waals surface area (Å²) in [7, 11) is -2.30. The van der Waals surface area contributed by atoms with E-state index in [0.29, 0.717) is 23.7 Å². The predicted octanol–water partition coefficient (Wildman–Crippen LogP) is 4.40. The van der Waals surface area contributed by atoms with E-state index in [1.54, 1.807) is 18.2 Å². The third kappa shape index (κ3) is 6.04. The van der Waals surface area contributed by atoms with E-state index in [1.165, 1.54) is 18.2 Å². The van der Waals surface area contributed by atoms with Crippen molar-refractivity contribution in [1.29, 1.82) is 0 Å². The van der Waals surface area contributed by atoms with Crippen LogP contribution in [0.25, 0.3) is 10.9 Å². The fourth-order valence-corrected chi connectivity index (χ4v) is 6.03. The zero-order chi connectivity index (χ0) is 30.0. The summed E-state index contributed by atoms with van der Waals surface area (Å²) < 4.78 is 80.6. The van der Waals surface area contributed by atoms with E-state index in [9.17, 15) is 30.8 Å². The largest absolute Gasteiger partial charge is 0.376 e. The van der Waals surface area contributed by atoms with Crippen LogP contribution in [-0.2, 0) is 9.84 Å². The normalized spacial score (nSPS) is 14.5. The molecule has 1 aliphatic heterocycles. The lowest BCUT2D eigenvalue weighted by molar-refractivity contribution is 0.102. The SMILES string of the molecule is CN1CCN(c2ccc(C(=O)Nc3n[nH]c4ccc(S(=O)(=O)c5cc(F)cc(F)c5)cc34)c(NC(CF)CF)c2)CC1. The summed E-state index contributed by atoms with van der Waals surface area (Å²) in [5.74, 6) is -2.76. The van der Waals surface area contributed by atoms with Crippen LogP contribution >= 0.6 is 0 Å². The van der Waals surface area contributed by atoms with Gasteiger partial charge in [0.25, 0.3) is 5.91 Å². The first-order valence-corrected chi connectivity index (χ1v) is 14.5. The van der Waals surface area contributed by atoms with Gasteiger partial charge < -0.3 is 20.4 Å². The van der Waals surface area contributed by atoms with Gasteiger partial charge in [-0.2, -0.15) is 5.10 Å². The van der Waals surface area contributed by atoms with Crippen molar-refractivity contribution in [2.45, 2.75) is 15.8 Å². The van der Waals surface area contributed by atoms with Crippen LogP contribution in [0, 0.1) is 11.6 Å². The van der Waals surface area contributed by atoms with Crippen LogP contribution in [0.15, 0.2) is 64.4 Å². The van der Waals surface area contributed by atoms with Gasteiger partial charge in [0.1, 0.15) is 25.0 Å². The first kappa shape index (κ1) is 29.3. The molecule has 1 aliphatic rings. The molecule has 3 N–H and O–H groups in total. The molecule has 0 aliphatic carbocycles. The zero-order valence-electron chi connectivity index (χ0n) is 22.5. The monoisotopic (exact) mass is 604 g/mol. The van der Waals surface area contributed by atoms with Crippen LogP contribution < -0.4 is 15.5 Å². The number of halogens is 4. The van der Waals surface area contributed by atoms with Crippen LogP contribution in [0.3, 0.4) is 0 Å². The van der Waals surface area contributed by atoms with Crippen molar-refractivity contribution < 1.29 is 30.8 Å².